The molecule has 3 rings (SSSR count). The molecule has 6 nitrogen and oxygen atoms in total. The first-order chi connectivity index (χ1) is 18.2. The van der Waals surface area contributed by atoms with E-state index in [1.165, 1.54) is 16.4 Å². The molecule has 0 aliphatic carbocycles. The van der Waals surface area contributed by atoms with E-state index in [1.807, 2.05) is 77.1 Å². The maximum atomic E-state index is 12.6. The van der Waals surface area contributed by atoms with Gasteiger partial charge in [-0.05, 0) is 49.4 Å². The molecule has 0 saturated heterocycles. The van der Waals surface area contributed by atoms with Gasteiger partial charge in [0.2, 0.25) is 0 Å². The maximum Gasteiger partial charge on any atom is 0.289 e. The summed E-state index contributed by atoms with van der Waals surface area (Å²) in [5.74, 6) is 1.12. The highest BCUT2D eigenvalue weighted by atomic mass is 35.5. The van der Waals surface area contributed by atoms with Crippen molar-refractivity contribution in [3.05, 3.63) is 87.3 Å². The SMILES string of the molecule is CC.CC.CCOc1ccc(Cn2ncc(OCCCCCCOCc3ccccc3)c(Cl)c2=O)cc1. The summed E-state index contributed by atoms with van der Waals surface area (Å²) in [5.41, 5.74) is 1.77. The predicted molar refractivity (Wildman–Crippen MR) is 153 cm³/mol. The third kappa shape index (κ3) is 12.3. The molecule has 3 aromatic rings. The Balaban J connectivity index is 0.00000163. The molecule has 0 atom stereocenters. The average Bonchev–Trinajstić information content (AvgIpc) is 2.95. The first-order valence-corrected chi connectivity index (χ1v) is 13.8. The van der Waals surface area contributed by atoms with Gasteiger partial charge in [0.05, 0.1) is 32.6 Å². The molecule has 0 N–H and O–H groups in total. The summed E-state index contributed by atoms with van der Waals surface area (Å²) >= 11 is 6.24. The number of halogens is 1. The Hall–Kier alpha value is -2.83. The summed E-state index contributed by atoms with van der Waals surface area (Å²) < 4.78 is 18.2. The lowest BCUT2D eigenvalue weighted by molar-refractivity contribution is 0.116. The number of benzene rings is 2. The van der Waals surface area contributed by atoms with Crippen LogP contribution < -0.4 is 15.0 Å². The van der Waals surface area contributed by atoms with Crippen molar-refractivity contribution in [2.24, 2.45) is 0 Å². The summed E-state index contributed by atoms with van der Waals surface area (Å²) in [6.45, 7) is 12.8. The van der Waals surface area contributed by atoms with E-state index in [-0.39, 0.29) is 10.6 Å². The zero-order valence-electron chi connectivity index (χ0n) is 23.0. The molecule has 0 fully saturated rings. The minimum Gasteiger partial charge on any atom is -0.494 e. The van der Waals surface area contributed by atoms with Crippen LogP contribution in [0.1, 0.15) is 71.4 Å². The minimum absolute atomic E-state index is 0.0604. The second-order valence-corrected chi connectivity index (χ2v) is 8.04. The van der Waals surface area contributed by atoms with Gasteiger partial charge >= 0.3 is 0 Å². The molecule has 0 aliphatic heterocycles. The van der Waals surface area contributed by atoms with Crippen LogP contribution in [-0.2, 0) is 17.9 Å². The molecule has 7 heteroatoms. The summed E-state index contributed by atoms with van der Waals surface area (Å²) in [6, 6.07) is 17.7. The van der Waals surface area contributed by atoms with Crippen molar-refractivity contribution in [2.45, 2.75) is 73.5 Å². The molecule has 0 bridgehead atoms. The summed E-state index contributed by atoms with van der Waals surface area (Å²) in [7, 11) is 0. The molecule has 0 unspecified atom stereocenters. The zero-order valence-corrected chi connectivity index (χ0v) is 23.8. The fraction of sp³-hybridized carbons (Fsp3) is 0.467. The van der Waals surface area contributed by atoms with E-state index in [4.69, 9.17) is 25.8 Å². The molecule has 0 amide bonds. The van der Waals surface area contributed by atoms with Gasteiger partial charge in [-0.15, -0.1) is 0 Å². The third-order valence-electron chi connectivity index (χ3n) is 5.07. The van der Waals surface area contributed by atoms with E-state index in [1.54, 1.807) is 0 Å². The third-order valence-corrected chi connectivity index (χ3v) is 5.42. The Kier molecular flexibility index (Phi) is 17.6. The van der Waals surface area contributed by atoms with E-state index in [2.05, 4.69) is 17.2 Å². The number of unbranched alkanes of at least 4 members (excludes halogenated alkanes) is 3. The number of hydrogen-bond donors (Lipinski definition) is 0. The molecule has 1 heterocycles. The lowest BCUT2D eigenvalue weighted by atomic mass is 10.2. The van der Waals surface area contributed by atoms with Crippen LogP contribution in [0.15, 0.2) is 65.6 Å². The molecule has 1 aromatic heterocycles. The van der Waals surface area contributed by atoms with Crippen LogP contribution in [0.25, 0.3) is 0 Å². The van der Waals surface area contributed by atoms with Gasteiger partial charge in [0.1, 0.15) is 5.75 Å². The highest BCUT2D eigenvalue weighted by Crippen LogP contribution is 2.19. The van der Waals surface area contributed by atoms with Gasteiger partial charge in [-0.2, -0.15) is 5.10 Å². The van der Waals surface area contributed by atoms with Crippen LogP contribution in [0.5, 0.6) is 11.5 Å². The topological polar surface area (TPSA) is 62.6 Å². The fourth-order valence-corrected chi connectivity index (χ4v) is 3.50. The molecule has 204 valence electrons. The molecular weight excluding hydrogens is 488 g/mol. The number of hydrogen-bond acceptors (Lipinski definition) is 5. The maximum absolute atomic E-state index is 12.6. The number of nitrogens with zero attached hydrogens (tertiary/aromatic N) is 2. The van der Waals surface area contributed by atoms with Crippen LogP contribution in [0.3, 0.4) is 0 Å². The van der Waals surface area contributed by atoms with E-state index < -0.39 is 0 Å². The van der Waals surface area contributed by atoms with Crippen molar-refractivity contribution in [3.8, 4) is 11.5 Å². The Morgan fingerprint density at radius 2 is 1.46 bits per heavy atom. The van der Waals surface area contributed by atoms with Gasteiger partial charge in [0, 0.05) is 6.61 Å². The van der Waals surface area contributed by atoms with Crippen molar-refractivity contribution in [3.63, 3.8) is 0 Å². The minimum atomic E-state index is -0.362. The summed E-state index contributed by atoms with van der Waals surface area (Å²) in [5, 5.41) is 4.27. The normalized spacial score (nSPS) is 10.0. The van der Waals surface area contributed by atoms with Gasteiger partial charge in [-0.3, -0.25) is 4.79 Å². The Morgan fingerprint density at radius 3 is 2.11 bits per heavy atom. The lowest BCUT2D eigenvalue weighted by Gasteiger charge is -2.10. The van der Waals surface area contributed by atoms with Crippen LogP contribution in [0.2, 0.25) is 5.02 Å². The van der Waals surface area contributed by atoms with Crippen LogP contribution in [0.4, 0.5) is 0 Å². The fourth-order valence-electron chi connectivity index (χ4n) is 3.30. The van der Waals surface area contributed by atoms with Gasteiger partial charge in [-0.1, -0.05) is 88.2 Å². The second-order valence-electron chi connectivity index (χ2n) is 7.66. The highest BCUT2D eigenvalue weighted by Gasteiger charge is 2.11. The molecule has 37 heavy (non-hydrogen) atoms. The van der Waals surface area contributed by atoms with Crippen LogP contribution >= 0.6 is 11.6 Å². The van der Waals surface area contributed by atoms with E-state index in [0.717, 1.165) is 43.6 Å². The molecular formula is C30H43ClN2O4. The molecule has 0 radical (unpaired) electrons. The standard InChI is InChI=1S/C26H31ClN2O4.2C2H6/c1-2-32-23-14-12-21(13-15-23)19-29-26(30)25(27)24(18-28-29)33-17-9-4-3-8-16-31-20-22-10-6-5-7-11-22;2*1-2/h5-7,10-15,18H,2-4,8-9,16-17,19-20H2,1H3;2*1-2H3. The smallest absolute Gasteiger partial charge is 0.289 e. The highest BCUT2D eigenvalue weighted by molar-refractivity contribution is 6.31. The van der Waals surface area contributed by atoms with Gasteiger partial charge in [-0.25, -0.2) is 4.68 Å². The lowest BCUT2D eigenvalue weighted by Crippen LogP contribution is -2.24. The van der Waals surface area contributed by atoms with Crippen molar-refractivity contribution in [2.75, 3.05) is 19.8 Å². The second kappa shape index (κ2) is 20.3. The first-order valence-electron chi connectivity index (χ1n) is 13.4. The Labute approximate surface area is 227 Å². The van der Waals surface area contributed by atoms with Crippen LogP contribution in [-0.4, -0.2) is 29.6 Å². The molecule has 2 aromatic carbocycles. The molecule has 0 aliphatic rings. The summed E-state index contributed by atoms with van der Waals surface area (Å²) in [4.78, 5) is 12.6. The monoisotopic (exact) mass is 530 g/mol. The average molecular weight is 531 g/mol. The molecule has 0 spiro atoms. The van der Waals surface area contributed by atoms with E-state index >= 15 is 0 Å². The van der Waals surface area contributed by atoms with Gasteiger partial charge < -0.3 is 14.2 Å². The van der Waals surface area contributed by atoms with Crippen molar-refractivity contribution < 1.29 is 14.2 Å². The van der Waals surface area contributed by atoms with Gasteiger partial charge in [0.15, 0.2) is 10.8 Å². The number of aromatic nitrogens is 2. The molecule has 0 saturated carbocycles. The first kappa shape index (κ1) is 32.2. The van der Waals surface area contributed by atoms with E-state index in [9.17, 15) is 4.79 Å². The van der Waals surface area contributed by atoms with Crippen LogP contribution in [0, 0.1) is 0 Å². The number of ether oxygens (including phenoxy) is 3. The van der Waals surface area contributed by atoms with Crippen molar-refractivity contribution in [1.82, 2.24) is 9.78 Å². The Morgan fingerprint density at radius 1 is 0.811 bits per heavy atom. The zero-order chi connectivity index (χ0) is 27.3. The predicted octanol–water partition coefficient (Wildman–Crippen LogP) is 7.55. The van der Waals surface area contributed by atoms with Crippen molar-refractivity contribution >= 4 is 11.6 Å². The quantitative estimate of drug-likeness (QED) is 0.201. The van der Waals surface area contributed by atoms with E-state index in [0.29, 0.717) is 32.1 Å². The largest absolute Gasteiger partial charge is 0.494 e. The van der Waals surface area contributed by atoms with Gasteiger partial charge in [0.25, 0.3) is 5.56 Å². The number of rotatable bonds is 14. The summed E-state index contributed by atoms with van der Waals surface area (Å²) in [6.07, 6.45) is 5.49. The van der Waals surface area contributed by atoms with Crippen molar-refractivity contribution in [1.29, 1.82) is 0 Å². The Bertz CT molecular complexity index is 1020.